The molecule has 122 valence electrons. The number of para-hydroxylation sites is 1. The van der Waals surface area contributed by atoms with Crippen LogP contribution in [0.1, 0.15) is 19.3 Å². The van der Waals surface area contributed by atoms with Gasteiger partial charge in [-0.25, -0.2) is 0 Å². The van der Waals surface area contributed by atoms with Crippen LogP contribution in [-0.4, -0.2) is 41.0 Å². The highest BCUT2D eigenvalue weighted by atomic mass is 32.2. The van der Waals surface area contributed by atoms with E-state index in [1.54, 1.807) is 4.90 Å². The lowest BCUT2D eigenvalue weighted by atomic mass is 9.97. The third-order valence-electron chi connectivity index (χ3n) is 4.24. The van der Waals surface area contributed by atoms with Gasteiger partial charge in [-0.15, -0.1) is 11.8 Å². The van der Waals surface area contributed by atoms with Crippen molar-refractivity contribution in [3.8, 4) is 0 Å². The average Bonchev–Trinajstić information content (AvgIpc) is 2.55. The number of fused-ring (bicyclic) bond motifs is 1. The van der Waals surface area contributed by atoms with Gasteiger partial charge in [0.25, 0.3) is 0 Å². The maximum absolute atomic E-state index is 12.5. The zero-order valence-corrected chi connectivity index (χ0v) is 13.5. The van der Waals surface area contributed by atoms with E-state index in [0.717, 1.165) is 23.4 Å². The molecule has 3 amide bonds. The van der Waals surface area contributed by atoms with Gasteiger partial charge >= 0.3 is 0 Å². The normalized spacial score (nSPS) is 23.8. The fourth-order valence-electron chi connectivity index (χ4n) is 2.95. The summed E-state index contributed by atoms with van der Waals surface area (Å²) in [6.45, 7) is 0.988. The Bertz CT molecular complexity index is 649. The highest BCUT2D eigenvalue weighted by Gasteiger charge is 2.32. The molecule has 3 rings (SSSR count). The largest absolute Gasteiger partial charge is 0.369 e. The molecule has 6 nitrogen and oxygen atoms in total. The number of carbonyl (C=O) groups excluding carboxylic acids is 3. The molecule has 0 spiro atoms. The molecule has 3 N–H and O–H groups in total. The van der Waals surface area contributed by atoms with Crippen LogP contribution in [-0.2, 0) is 14.4 Å². The Labute approximate surface area is 138 Å². The van der Waals surface area contributed by atoms with Crippen LogP contribution < -0.4 is 11.1 Å². The molecule has 0 aromatic heterocycles. The first-order chi connectivity index (χ1) is 11.0. The van der Waals surface area contributed by atoms with Crippen molar-refractivity contribution in [2.45, 2.75) is 29.4 Å². The minimum absolute atomic E-state index is 0.0945. The number of hydrogen-bond donors (Lipinski definition) is 2. The Morgan fingerprint density at radius 3 is 2.91 bits per heavy atom. The van der Waals surface area contributed by atoms with Crippen molar-refractivity contribution in [2.24, 2.45) is 11.7 Å². The van der Waals surface area contributed by atoms with E-state index in [-0.39, 0.29) is 30.1 Å². The van der Waals surface area contributed by atoms with Crippen LogP contribution in [0.4, 0.5) is 5.69 Å². The van der Waals surface area contributed by atoms with Crippen molar-refractivity contribution >= 4 is 35.2 Å². The topological polar surface area (TPSA) is 92.5 Å². The third kappa shape index (κ3) is 3.50. The minimum atomic E-state index is -0.439. The van der Waals surface area contributed by atoms with E-state index in [1.807, 2.05) is 24.3 Å². The number of piperidine rings is 1. The number of carbonyl (C=O) groups is 3. The van der Waals surface area contributed by atoms with Crippen LogP contribution in [0.2, 0.25) is 0 Å². The first-order valence-corrected chi connectivity index (χ1v) is 8.56. The molecule has 2 aliphatic rings. The lowest BCUT2D eigenvalue weighted by Gasteiger charge is -2.32. The number of hydrogen-bond acceptors (Lipinski definition) is 4. The van der Waals surface area contributed by atoms with Crippen molar-refractivity contribution in [3.63, 3.8) is 0 Å². The fraction of sp³-hybridized carbons (Fsp3) is 0.438. The Morgan fingerprint density at radius 1 is 1.35 bits per heavy atom. The molecule has 2 heterocycles. The van der Waals surface area contributed by atoms with Crippen LogP contribution >= 0.6 is 11.8 Å². The van der Waals surface area contributed by atoms with Gasteiger partial charge in [-0.3, -0.25) is 14.4 Å². The van der Waals surface area contributed by atoms with Gasteiger partial charge in [-0.2, -0.15) is 0 Å². The Balaban J connectivity index is 1.64. The summed E-state index contributed by atoms with van der Waals surface area (Å²) < 4.78 is 0. The fourth-order valence-corrected chi connectivity index (χ4v) is 4.05. The Kier molecular flexibility index (Phi) is 4.56. The molecule has 0 radical (unpaired) electrons. The molecule has 23 heavy (non-hydrogen) atoms. The molecule has 1 fully saturated rings. The summed E-state index contributed by atoms with van der Waals surface area (Å²) in [6, 6.07) is 7.55. The van der Waals surface area contributed by atoms with Gasteiger partial charge in [0.15, 0.2) is 0 Å². The summed E-state index contributed by atoms with van der Waals surface area (Å²) in [7, 11) is 0. The second-order valence-corrected chi connectivity index (χ2v) is 7.12. The molecule has 0 unspecified atom stereocenters. The molecule has 1 aromatic rings. The van der Waals surface area contributed by atoms with Crippen LogP contribution in [0.15, 0.2) is 29.2 Å². The first-order valence-electron chi connectivity index (χ1n) is 7.68. The maximum atomic E-state index is 12.5. The van der Waals surface area contributed by atoms with Gasteiger partial charge in [0.05, 0.1) is 16.9 Å². The highest BCUT2D eigenvalue weighted by Crippen LogP contribution is 2.37. The molecule has 1 saturated heterocycles. The molecule has 1 aromatic carbocycles. The van der Waals surface area contributed by atoms with Crippen molar-refractivity contribution in [1.82, 2.24) is 4.90 Å². The van der Waals surface area contributed by atoms with E-state index in [9.17, 15) is 14.4 Å². The second kappa shape index (κ2) is 6.62. The average molecular weight is 333 g/mol. The maximum Gasteiger partial charge on any atom is 0.238 e. The van der Waals surface area contributed by atoms with E-state index < -0.39 is 5.25 Å². The van der Waals surface area contributed by atoms with Gasteiger partial charge in [0.2, 0.25) is 17.7 Å². The molecule has 2 aliphatic heterocycles. The summed E-state index contributed by atoms with van der Waals surface area (Å²) in [5.41, 5.74) is 6.13. The monoisotopic (exact) mass is 333 g/mol. The summed E-state index contributed by atoms with van der Waals surface area (Å²) >= 11 is 1.41. The number of nitrogens with two attached hydrogens (primary N) is 1. The molecular weight excluding hydrogens is 314 g/mol. The number of primary amides is 1. The number of rotatable bonds is 3. The number of amides is 3. The van der Waals surface area contributed by atoms with E-state index in [2.05, 4.69) is 5.32 Å². The van der Waals surface area contributed by atoms with Gasteiger partial charge in [-0.1, -0.05) is 12.1 Å². The van der Waals surface area contributed by atoms with E-state index >= 15 is 0 Å². The minimum Gasteiger partial charge on any atom is -0.369 e. The quantitative estimate of drug-likeness (QED) is 0.870. The Morgan fingerprint density at radius 2 is 2.13 bits per heavy atom. The standard InChI is InChI=1S/C16H19N3O3S/c17-15(21)10-4-3-7-19(9-10)14(20)8-13-16(22)18-11-5-1-2-6-12(11)23-13/h1-2,5-6,10,13H,3-4,7-9H2,(H2,17,21)(H,18,22)/t10-,13-/m1/s1. The molecule has 0 saturated carbocycles. The number of thioether (sulfide) groups is 1. The molecule has 0 aliphatic carbocycles. The lowest BCUT2D eigenvalue weighted by Crippen LogP contribution is -2.45. The molecule has 0 bridgehead atoms. The van der Waals surface area contributed by atoms with Gasteiger partial charge < -0.3 is 16.0 Å². The smallest absolute Gasteiger partial charge is 0.238 e. The SMILES string of the molecule is NC(=O)[C@@H]1CCCN(C(=O)C[C@H]2Sc3ccccc3NC2=O)C1. The van der Waals surface area contributed by atoms with Crippen LogP contribution in [0.5, 0.6) is 0 Å². The first kappa shape index (κ1) is 15.9. The molecule has 2 atom stereocenters. The Hall–Kier alpha value is -2.02. The summed E-state index contributed by atoms with van der Waals surface area (Å²) in [4.78, 5) is 38.6. The van der Waals surface area contributed by atoms with E-state index in [0.29, 0.717) is 13.1 Å². The van der Waals surface area contributed by atoms with E-state index in [1.165, 1.54) is 11.8 Å². The van der Waals surface area contributed by atoms with Crippen molar-refractivity contribution < 1.29 is 14.4 Å². The second-order valence-electron chi connectivity index (χ2n) is 5.88. The van der Waals surface area contributed by atoms with Crippen LogP contribution in [0.3, 0.4) is 0 Å². The third-order valence-corrected chi connectivity index (χ3v) is 5.52. The van der Waals surface area contributed by atoms with Crippen LogP contribution in [0, 0.1) is 5.92 Å². The zero-order chi connectivity index (χ0) is 16.4. The van der Waals surface area contributed by atoms with Crippen molar-refractivity contribution in [2.75, 3.05) is 18.4 Å². The van der Waals surface area contributed by atoms with E-state index in [4.69, 9.17) is 5.73 Å². The number of likely N-dealkylation sites (tertiary alicyclic amines) is 1. The molecular formula is C16H19N3O3S. The number of anilines is 1. The predicted molar refractivity (Wildman–Crippen MR) is 87.8 cm³/mol. The zero-order valence-electron chi connectivity index (χ0n) is 12.7. The van der Waals surface area contributed by atoms with Gasteiger partial charge in [0.1, 0.15) is 0 Å². The van der Waals surface area contributed by atoms with Gasteiger partial charge in [-0.05, 0) is 25.0 Å². The lowest BCUT2D eigenvalue weighted by molar-refractivity contribution is -0.136. The van der Waals surface area contributed by atoms with Crippen LogP contribution in [0.25, 0.3) is 0 Å². The van der Waals surface area contributed by atoms with Gasteiger partial charge in [0, 0.05) is 24.4 Å². The number of nitrogens with one attached hydrogen (secondary N) is 1. The summed E-state index contributed by atoms with van der Waals surface area (Å²) in [5.74, 6) is -0.879. The highest BCUT2D eigenvalue weighted by molar-refractivity contribution is 8.01. The molecule has 7 heteroatoms. The number of nitrogens with zero attached hydrogens (tertiary/aromatic N) is 1. The summed E-state index contributed by atoms with van der Waals surface area (Å²) in [6.07, 6.45) is 1.63. The predicted octanol–water partition coefficient (Wildman–Crippen LogP) is 1.21. The number of benzene rings is 1. The van der Waals surface area contributed by atoms with Crippen molar-refractivity contribution in [1.29, 1.82) is 0 Å². The summed E-state index contributed by atoms with van der Waals surface area (Å²) in [5, 5.41) is 2.40. The van der Waals surface area contributed by atoms with Crippen molar-refractivity contribution in [3.05, 3.63) is 24.3 Å².